The first-order valence-electron chi connectivity index (χ1n) is 29.5. The van der Waals surface area contributed by atoms with Gasteiger partial charge >= 0.3 is 0 Å². The molecule has 6 heterocycles. The van der Waals surface area contributed by atoms with E-state index in [-0.39, 0.29) is 19.1 Å². The van der Waals surface area contributed by atoms with E-state index in [1.807, 2.05) is 11.0 Å². The lowest BCUT2D eigenvalue weighted by Crippen LogP contribution is -2.64. The molecular formula is C76H51B2F2N5O. The maximum absolute atomic E-state index is 17.6. The molecule has 0 saturated carbocycles. The Morgan fingerprint density at radius 2 is 0.779 bits per heavy atom. The summed E-state index contributed by atoms with van der Waals surface area (Å²) in [6, 6.07) is 82.2. The molecule has 0 aliphatic carbocycles. The second-order valence-electron chi connectivity index (χ2n) is 23.6. The quantitative estimate of drug-likeness (QED) is 0.161. The number of anilines is 9. The minimum atomic E-state index is -0.676. The number of hydrogen-bond acceptors (Lipinski definition) is 4. The third-order valence-electron chi connectivity index (χ3n) is 18.9. The van der Waals surface area contributed by atoms with E-state index in [0.717, 1.165) is 111 Å². The highest BCUT2D eigenvalue weighted by atomic mass is 19.1. The van der Waals surface area contributed by atoms with Crippen molar-refractivity contribution in [1.29, 1.82) is 0 Å². The van der Waals surface area contributed by atoms with Gasteiger partial charge in [0.15, 0.2) is 0 Å². The van der Waals surface area contributed by atoms with E-state index in [2.05, 4.69) is 259 Å². The number of hydrogen-bond donors (Lipinski definition) is 0. The molecule has 2 aromatic heterocycles. The van der Waals surface area contributed by atoms with Gasteiger partial charge in [0.2, 0.25) is 0 Å². The zero-order valence-electron chi connectivity index (χ0n) is 47.6. The second kappa shape index (κ2) is 18.0. The molecule has 0 unspecified atom stereocenters. The summed E-state index contributed by atoms with van der Waals surface area (Å²) in [5, 5.41) is 4.71. The number of nitrogens with zero attached hydrogens (tertiary/aromatic N) is 5. The molecule has 4 aliphatic rings. The van der Waals surface area contributed by atoms with Crippen molar-refractivity contribution in [2.24, 2.45) is 0 Å². The molecule has 18 rings (SSSR count). The van der Waals surface area contributed by atoms with Crippen LogP contribution in [0.2, 0.25) is 0 Å². The van der Waals surface area contributed by atoms with Gasteiger partial charge in [-0.25, -0.2) is 8.78 Å². The molecule has 0 N–H and O–H groups in total. The van der Waals surface area contributed by atoms with Crippen LogP contribution >= 0.6 is 0 Å². The van der Waals surface area contributed by atoms with Crippen molar-refractivity contribution in [2.75, 3.05) is 14.7 Å². The highest BCUT2D eigenvalue weighted by Crippen LogP contribution is 2.50. The van der Waals surface area contributed by atoms with E-state index >= 15 is 8.78 Å². The van der Waals surface area contributed by atoms with Crippen LogP contribution in [0.1, 0.15) is 22.3 Å². The Bertz CT molecular complexity index is 5270. The van der Waals surface area contributed by atoms with Crippen LogP contribution in [0.5, 0.6) is 11.5 Å². The van der Waals surface area contributed by atoms with Crippen LogP contribution in [-0.4, -0.2) is 22.6 Å². The van der Waals surface area contributed by atoms with Gasteiger partial charge in [0.05, 0.1) is 33.4 Å². The molecule has 86 heavy (non-hydrogen) atoms. The molecule has 12 aromatic carbocycles. The number of aryl methyl sites for hydroxylation is 4. The highest BCUT2D eigenvalue weighted by Gasteiger charge is 2.48. The number of ether oxygens (including phenoxy) is 1. The minimum Gasteiger partial charge on any atom is -0.458 e. The Morgan fingerprint density at radius 3 is 1.34 bits per heavy atom. The zero-order chi connectivity index (χ0) is 57.4. The van der Waals surface area contributed by atoms with Crippen molar-refractivity contribution in [2.45, 2.75) is 27.7 Å². The molecule has 10 heteroatoms. The van der Waals surface area contributed by atoms with Crippen molar-refractivity contribution < 1.29 is 13.5 Å². The largest absolute Gasteiger partial charge is 0.458 e. The van der Waals surface area contributed by atoms with E-state index in [9.17, 15) is 0 Å². The lowest BCUT2D eigenvalue weighted by atomic mass is 9.30. The first kappa shape index (κ1) is 48.9. The molecule has 0 bridgehead atoms. The summed E-state index contributed by atoms with van der Waals surface area (Å²) in [4.78, 5) is 6.60. The summed E-state index contributed by atoms with van der Waals surface area (Å²) in [6.45, 7) is 8.05. The first-order chi connectivity index (χ1) is 42.2. The fourth-order valence-corrected chi connectivity index (χ4v) is 15.4. The predicted molar refractivity (Wildman–Crippen MR) is 354 cm³/mol. The van der Waals surface area contributed by atoms with E-state index in [1.165, 1.54) is 51.0 Å². The molecule has 0 amide bonds. The summed E-state index contributed by atoms with van der Waals surface area (Å²) in [7, 11) is 0. The Kier molecular flexibility index (Phi) is 10.2. The first-order valence-corrected chi connectivity index (χ1v) is 29.5. The van der Waals surface area contributed by atoms with Gasteiger partial charge in [0.1, 0.15) is 28.8 Å². The molecule has 0 saturated heterocycles. The van der Waals surface area contributed by atoms with Gasteiger partial charge in [0, 0.05) is 79.2 Å². The SMILES string of the molecule is Cc1ccc(C)c2c1c1ccccc1n2-c1cc2c3c(c1)N(c1ccccc1)c1ccccc1B3c1cc3c(cc1O2)N(c1c(F)cccc1F)c1cc(-n2c4ccccc4c4c(C)ccc(C)c42)cc2c1B3c1ccccc1N2c1ccccc1. The van der Waals surface area contributed by atoms with Gasteiger partial charge in [-0.2, -0.15) is 0 Å². The fourth-order valence-electron chi connectivity index (χ4n) is 15.4. The third kappa shape index (κ3) is 6.61. The summed E-state index contributed by atoms with van der Waals surface area (Å²) in [6.07, 6.45) is 0. The summed E-state index contributed by atoms with van der Waals surface area (Å²) >= 11 is 0. The maximum Gasteiger partial charge on any atom is 0.256 e. The normalized spacial score (nSPS) is 13.4. The highest BCUT2D eigenvalue weighted by molar-refractivity contribution is 7.02. The van der Waals surface area contributed by atoms with Crippen LogP contribution in [0.15, 0.2) is 237 Å². The van der Waals surface area contributed by atoms with Gasteiger partial charge in [0.25, 0.3) is 13.4 Å². The molecule has 14 aromatic rings. The van der Waals surface area contributed by atoms with Gasteiger partial charge < -0.3 is 28.6 Å². The topological polar surface area (TPSA) is 28.8 Å². The monoisotopic (exact) mass is 1110 g/mol. The molecule has 4 aliphatic heterocycles. The summed E-state index contributed by atoms with van der Waals surface area (Å²) in [5.74, 6) is -0.0217. The van der Waals surface area contributed by atoms with Crippen molar-refractivity contribution in [1.82, 2.24) is 9.13 Å². The van der Waals surface area contributed by atoms with Crippen LogP contribution in [0, 0.1) is 39.3 Å². The molecule has 6 nitrogen and oxygen atoms in total. The van der Waals surface area contributed by atoms with E-state index in [1.54, 1.807) is 0 Å². The molecular weight excluding hydrogens is 1060 g/mol. The Hall–Kier alpha value is -10.6. The maximum atomic E-state index is 17.6. The van der Waals surface area contributed by atoms with E-state index in [0.29, 0.717) is 22.9 Å². The van der Waals surface area contributed by atoms with Crippen molar-refractivity contribution in [3.63, 3.8) is 0 Å². The smallest absolute Gasteiger partial charge is 0.256 e. The van der Waals surface area contributed by atoms with Crippen LogP contribution in [0.3, 0.4) is 0 Å². The van der Waals surface area contributed by atoms with Gasteiger partial charge in [-0.15, -0.1) is 0 Å². The number of fused-ring (bicyclic) bond motifs is 14. The van der Waals surface area contributed by atoms with Gasteiger partial charge in [-0.1, -0.05) is 146 Å². The second-order valence-corrected chi connectivity index (χ2v) is 23.6. The van der Waals surface area contributed by atoms with Gasteiger partial charge in [-0.3, -0.25) is 0 Å². The van der Waals surface area contributed by atoms with Crippen LogP contribution in [-0.2, 0) is 0 Å². The van der Waals surface area contributed by atoms with Crippen molar-refractivity contribution >= 4 is 141 Å². The molecule has 0 fully saturated rings. The fraction of sp³-hybridized carbons (Fsp3) is 0.0526. The third-order valence-corrected chi connectivity index (χ3v) is 18.9. The summed E-state index contributed by atoms with van der Waals surface area (Å²) in [5.41, 5.74) is 24.1. The van der Waals surface area contributed by atoms with Crippen molar-refractivity contribution in [3.8, 4) is 22.9 Å². The Morgan fingerprint density at radius 1 is 0.326 bits per heavy atom. The Labute approximate surface area is 496 Å². The molecule has 0 radical (unpaired) electrons. The number of benzene rings is 12. The number of aromatic nitrogens is 2. The van der Waals surface area contributed by atoms with Crippen LogP contribution in [0.4, 0.5) is 60.0 Å². The minimum absolute atomic E-state index is 0.162. The number of para-hydroxylation sites is 7. The van der Waals surface area contributed by atoms with E-state index in [4.69, 9.17) is 4.74 Å². The average molecular weight is 1110 g/mol. The average Bonchev–Trinajstić information content (AvgIpc) is 0.813. The Balaban J connectivity index is 0.955. The molecule has 0 spiro atoms. The van der Waals surface area contributed by atoms with Gasteiger partial charge in [-0.05, 0) is 162 Å². The predicted octanol–water partition coefficient (Wildman–Crippen LogP) is 15.9. The summed E-state index contributed by atoms with van der Waals surface area (Å²) < 4.78 is 47.5. The lowest BCUT2D eigenvalue weighted by molar-refractivity contribution is 0.487. The molecule has 0 atom stereocenters. The zero-order valence-corrected chi connectivity index (χ0v) is 47.6. The van der Waals surface area contributed by atoms with Crippen molar-refractivity contribution in [3.05, 3.63) is 270 Å². The van der Waals surface area contributed by atoms with Crippen LogP contribution < -0.4 is 52.2 Å². The van der Waals surface area contributed by atoms with Crippen LogP contribution in [0.25, 0.3) is 55.0 Å². The number of halogens is 2. The van der Waals surface area contributed by atoms with E-state index < -0.39 is 11.6 Å². The number of rotatable bonds is 5. The lowest BCUT2D eigenvalue weighted by Gasteiger charge is -2.45. The molecule has 406 valence electrons. The standard InChI is InChI=1S/C76H51B2F2N5O/c1-44-34-36-46(3)74-70(44)52-24-11-15-30-60(52)83(74)50-38-65-72-66(39-50)85(76-58(79)28-19-29-59(76)80)64-43-68-57(42-56(64)77(72)54-26-13-17-32-62(54)81(65)48-20-7-5-8-21-48)78-55-27-14-18-33-63(55)82(49-22-9-6-10-23-49)67-40-51(41-69(86-68)73(67)78)84-61-31-16-12-25-53(61)71-45(2)35-37-47(4)75(71)84/h5-43H,1-4H3.